The van der Waals surface area contributed by atoms with E-state index in [0.29, 0.717) is 17.8 Å². The van der Waals surface area contributed by atoms with E-state index in [1.54, 1.807) is 17.0 Å². The van der Waals surface area contributed by atoms with Crippen molar-refractivity contribution in [2.24, 2.45) is 0 Å². The Kier molecular flexibility index (Phi) is 3.18. The van der Waals surface area contributed by atoms with Crippen LogP contribution in [0.5, 0.6) is 0 Å². The van der Waals surface area contributed by atoms with Gasteiger partial charge in [0, 0.05) is 4.47 Å². The molecule has 1 heterocycles. The predicted octanol–water partition coefficient (Wildman–Crippen LogP) is 3.49. The van der Waals surface area contributed by atoms with Crippen molar-refractivity contribution in [3.05, 3.63) is 63.6 Å². The van der Waals surface area contributed by atoms with Gasteiger partial charge in [-0.15, -0.1) is 0 Å². The van der Waals surface area contributed by atoms with Gasteiger partial charge in [-0.2, -0.15) is 0 Å². The maximum Gasteiger partial charge on any atom is 0.299 e. The number of fused-ring (bicyclic) bond motifs is 1. The molecule has 100 valence electrons. The molecule has 1 aliphatic heterocycles. The number of hydrogen-bond donors (Lipinski definition) is 0. The van der Waals surface area contributed by atoms with Gasteiger partial charge in [-0.3, -0.25) is 9.59 Å². The average molecular weight is 330 g/mol. The van der Waals surface area contributed by atoms with E-state index in [0.717, 1.165) is 15.6 Å². The van der Waals surface area contributed by atoms with E-state index in [1.165, 1.54) is 0 Å². The summed E-state index contributed by atoms with van der Waals surface area (Å²) in [6.07, 6.45) is 0. The molecule has 3 nitrogen and oxygen atoms in total. The Hall–Kier alpha value is -1.94. The number of Topliss-reactive ketones (excluding diaryl/α,β-unsaturated/α-hetero) is 1. The zero-order valence-corrected chi connectivity index (χ0v) is 12.5. The number of halogens is 1. The number of amides is 1. The number of carbonyl (C=O) groups excluding carboxylic acids is 2. The molecule has 0 saturated carbocycles. The second-order valence-corrected chi connectivity index (χ2v) is 5.72. The SMILES string of the molecule is Cc1ccccc1CN1C(=O)C(=O)c2cc(Br)ccc21. The van der Waals surface area contributed by atoms with Crippen LogP contribution in [0, 0.1) is 6.92 Å². The number of anilines is 1. The summed E-state index contributed by atoms with van der Waals surface area (Å²) in [4.78, 5) is 25.7. The predicted molar refractivity (Wildman–Crippen MR) is 80.8 cm³/mol. The van der Waals surface area contributed by atoms with Gasteiger partial charge in [0.15, 0.2) is 0 Å². The monoisotopic (exact) mass is 329 g/mol. The van der Waals surface area contributed by atoms with E-state index in [9.17, 15) is 9.59 Å². The first-order valence-electron chi connectivity index (χ1n) is 6.28. The van der Waals surface area contributed by atoms with Gasteiger partial charge in [0.2, 0.25) is 0 Å². The van der Waals surface area contributed by atoms with Crippen molar-refractivity contribution in [3.63, 3.8) is 0 Å². The summed E-state index contributed by atoms with van der Waals surface area (Å²) in [6.45, 7) is 2.42. The van der Waals surface area contributed by atoms with Gasteiger partial charge in [-0.05, 0) is 36.2 Å². The zero-order valence-electron chi connectivity index (χ0n) is 10.9. The van der Waals surface area contributed by atoms with E-state index in [1.807, 2.05) is 37.3 Å². The third kappa shape index (κ3) is 2.06. The van der Waals surface area contributed by atoms with Gasteiger partial charge >= 0.3 is 0 Å². The van der Waals surface area contributed by atoms with Crippen LogP contribution in [-0.4, -0.2) is 11.7 Å². The molecule has 0 saturated heterocycles. The number of rotatable bonds is 2. The van der Waals surface area contributed by atoms with Gasteiger partial charge in [-0.1, -0.05) is 40.2 Å². The lowest BCUT2D eigenvalue weighted by Gasteiger charge is -2.17. The quantitative estimate of drug-likeness (QED) is 0.791. The fraction of sp³-hybridized carbons (Fsp3) is 0.125. The number of carbonyl (C=O) groups is 2. The highest BCUT2D eigenvalue weighted by atomic mass is 79.9. The van der Waals surface area contributed by atoms with Crippen LogP contribution in [0.15, 0.2) is 46.9 Å². The van der Waals surface area contributed by atoms with Crippen LogP contribution in [0.2, 0.25) is 0 Å². The van der Waals surface area contributed by atoms with Crippen LogP contribution in [0.4, 0.5) is 5.69 Å². The summed E-state index contributed by atoms with van der Waals surface area (Å²) in [5, 5.41) is 0. The van der Waals surface area contributed by atoms with Crippen LogP contribution in [0.1, 0.15) is 21.5 Å². The minimum absolute atomic E-state index is 0.422. The van der Waals surface area contributed by atoms with Crippen molar-refractivity contribution in [2.45, 2.75) is 13.5 Å². The van der Waals surface area contributed by atoms with E-state index < -0.39 is 11.7 Å². The molecular formula is C16H12BrNO2. The molecule has 0 aliphatic carbocycles. The maximum atomic E-state index is 12.2. The van der Waals surface area contributed by atoms with Crippen molar-refractivity contribution in [1.29, 1.82) is 0 Å². The third-order valence-electron chi connectivity index (χ3n) is 3.52. The number of benzene rings is 2. The molecular weight excluding hydrogens is 318 g/mol. The van der Waals surface area contributed by atoms with Crippen molar-refractivity contribution in [2.75, 3.05) is 4.90 Å². The van der Waals surface area contributed by atoms with Gasteiger partial charge < -0.3 is 4.90 Å². The van der Waals surface area contributed by atoms with E-state index in [4.69, 9.17) is 0 Å². The van der Waals surface area contributed by atoms with Crippen LogP contribution in [0.3, 0.4) is 0 Å². The lowest BCUT2D eigenvalue weighted by molar-refractivity contribution is -0.114. The second-order valence-electron chi connectivity index (χ2n) is 4.81. The fourth-order valence-electron chi connectivity index (χ4n) is 2.39. The highest BCUT2D eigenvalue weighted by Gasteiger charge is 2.35. The molecule has 0 aromatic heterocycles. The highest BCUT2D eigenvalue weighted by Crippen LogP contribution is 2.32. The molecule has 2 aromatic rings. The smallest absolute Gasteiger partial charge is 0.299 e. The normalized spacial score (nSPS) is 13.8. The summed E-state index contributed by atoms with van der Waals surface area (Å²) in [6, 6.07) is 13.2. The maximum absolute atomic E-state index is 12.2. The molecule has 0 atom stereocenters. The van der Waals surface area contributed by atoms with Crippen LogP contribution in [0.25, 0.3) is 0 Å². The lowest BCUT2D eigenvalue weighted by atomic mass is 10.1. The van der Waals surface area contributed by atoms with Gasteiger partial charge in [-0.25, -0.2) is 0 Å². The van der Waals surface area contributed by atoms with Crippen LogP contribution >= 0.6 is 15.9 Å². The van der Waals surface area contributed by atoms with E-state index in [-0.39, 0.29) is 0 Å². The molecule has 0 N–H and O–H groups in total. The topological polar surface area (TPSA) is 37.4 Å². The van der Waals surface area contributed by atoms with Gasteiger partial charge in [0.05, 0.1) is 17.8 Å². The third-order valence-corrected chi connectivity index (χ3v) is 4.02. The Morgan fingerprint density at radius 1 is 1.10 bits per heavy atom. The minimum Gasteiger partial charge on any atom is -0.300 e. The summed E-state index contributed by atoms with van der Waals surface area (Å²) in [5.74, 6) is -0.892. The minimum atomic E-state index is -0.457. The Morgan fingerprint density at radius 2 is 1.85 bits per heavy atom. The van der Waals surface area contributed by atoms with Crippen molar-refractivity contribution in [1.82, 2.24) is 0 Å². The van der Waals surface area contributed by atoms with Crippen molar-refractivity contribution in [3.8, 4) is 0 Å². The summed E-state index contributed by atoms with van der Waals surface area (Å²) >= 11 is 3.33. The molecule has 0 fully saturated rings. The molecule has 0 radical (unpaired) electrons. The number of aryl methyl sites for hydroxylation is 1. The molecule has 2 aromatic carbocycles. The number of nitrogens with zero attached hydrogens (tertiary/aromatic N) is 1. The van der Waals surface area contributed by atoms with Gasteiger partial charge in [0.25, 0.3) is 11.7 Å². The molecule has 4 heteroatoms. The summed E-state index contributed by atoms with van der Waals surface area (Å²) in [5.41, 5.74) is 3.31. The number of hydrogen-bond acceptors (Lipinski definition) is 2. The Bertz CT molecular complexity index is 724. The first kappa shape index (κ1) is 13.1. The Balaban J connectivity index is 2.02. The molecule has 0 spiro atoms. The lowest BCUT2D eigenvalue weighted by Crippen LogP contribution is -2.29. The number of ketones is 1. The zero-order chi connectivity index (χ0) is 14.3. The summed E-state index contributed by atoms with van der Waals surface area (Å²) < 4.78 is 0.801. The standard InChI is InChI=1S/C16H12BrNO2/c1-10-4-2-3-5-11(10)9-18-14-7-6-12(17)8-13(14)15(19)16(18)20/h2-8H,9H2,1H3. The van der Waals surface area contributed by atoms with Crippen LogP contribution < -0.4 is 4.90 Å². The fourth-order valence-corrected chi connectivity index (χ4v) is 2.75. The Morgan fingerprint density at radius 3 is 2.60 bits per heavy atom. The van der Waals surface area contributed by atoms with Crippen LogP contribution in [-0.2, 0) is 11.3 Å². The second kappa shape index (κ2) is 4.87. The molecule has 3 rings (SSSR count). The average Bonchev–Trinajstić information content (AvgIpc) is 2.66. The largest absolute Gasteiger partial charge is 0.300 e. The highest BCUT2D eigenvalue weighted by molar-refractivity contribution is 9.10. The first-order valence-corrected chi connectivity index (χ1v) is 7.07. The Labute approximate surface area is 125 Å². The van der Waals surface area contributed by atoms with Crippen molar-refractivity contribution < 1.29 is 9.59 Å². The molecule has 0 bridgehead atoms. The van der Waals surface area contributed by atoms with E-state index >= 15 is 0 Å². The molecule has 1 amide bonds. The molecule has 20 heavy (non-hydrogen) atoms. The summed E-state index contributed by atoms with van der Waals surface area (Å²) in [7, 11) is 0. The van der Waals surface area contributed by atoms with Crippen molar-refractivity contribution >= 4 is 33.3 Å². The molecule has 0 unspecified atom stereocenters. The van der Waals surface area contributed by atoms with Gasteiger partial charge in [0.1, 0.15) is 0 Å². The molecule has 1 aliphatic rings. The van der Waals surface area contributed by atoms with E-state index in [2.05, 4.69) is 15.9 Å². The first-order chi connectivity index (χ1) is 9.58.